The minimum absolute atomic E-state index is 0.126. The Morgan fingerprint density at radius 3 is 1.78 bits per heavy atom. The molecule has 5 heterocycles. The molecule has 1 aliphatic heterocycles. The number of fused-ring (bicyclic) bond motifs is 5. The smallest absolute Gasteiger partial charge is 0.475 e. The van der Waals surface area contributed by atoms with Crippen molar-refractivity contribution in [2.75, 3.05) is 10.6 Å². The van der Waals surface area contributed by atoms with E-state index in [1.54, 1.807) is 36.8 Å². The summed E-state index contributed by atoms with van der Waals surface area (Å²) < 4.78 is 96.2. The Morgan fingerprint density at radius 1 is 0.740 bits per heavy atom. The third-order valence-electron chi connectivity index (χ3n) is 5.23. The van der Waals surface area contributed by atoms with E-state index in [1.807, 2.05) is 6.07 Å². The molecule has 0 bridgehead atoms. The van der Waals surface area contributed by atoms with E-state index >= 15 is 0 Å². The minimum atomic E-state index is -5.08. The summed E-state index contributed by atoms with van der Waals surface area (Å²) in [5.41, 5.74) is 3.59. The van der Waals surface area contributed by atoms with Gasteiger partial charge in [-0.1, -0.05) is 0 Å². The van der Waals surface area contributed by atoms with E-state index < -0.39 is 42.5 Å². The van der Waals surface area contributed by atoms with Gasteiger partial charge in [0.05, 0.1) is 11.9 Å². The molecular formula is C25H16F9N7O9. The lowest BCUT2D eigenvalue weighted by molar-refractivity contribution is -0.193. The highest BCUT2D eigenvalue weighted by atomic mass is 19.4. The second-order valence-corrected chi connectivity index (χ2v) is 8.66. The number of carboxylic acids is 3. The minimum Gasteiger partial charge on any atom is -0.475 e. The maximum atomic E-state index is 11.0. The summed E-state index contributed by atoms with van der Waals surface area (Å²) >= 11 is 0. The molecule has 268 valence electrons. The van der Waals surface area contributed by atoms with Crippen LogP contribution in [0.3, 0.4) is 0 Å². The van der Waals surface area contributed by atoms with Gasteiger partial charge in [0.25, 0.3) is 0 Å². The predicted molar refractivity (Wildman–Crippen MR) is 145 cm³/mol. The van der Waals surface area contributed by atoms with Crippen molar-refractivity contribution in [1.82, 2.24) is 24.7 Å². The lowest BCUT2D eigenvalue weighted by Crippen LogP contribution is -2.21. The summed E-state index contributed by atoms with van der Waals surface area (Å²) in [6, 6.07) is 8.55. The monoisotopic (exact) mass is 729 g/mol. The van der Waals surface area contributed by atoms with Crippen LogP contribution in [0.2, 0.25) is 0 Å². The largest absolute Gasteiger partial charge is 0.490 e. The van der Waals surface area contributed by atoms with Crippen molar-refractivity contribution < 1.29 is 84.3 Å². The summed E-state index contributed by atoms with van der Waals surface area (Å²) in [4.78, 5) is 54.7. The average Bonchev–Trinajstić information content (AvgIpc) is 3.26. The van der Waals surface area contributed by atoms with Crippen molar-refractivity contribution >= 4 is 41.3 Å². The van der Waals surface area contributed by atoms with Crippen molar-refractivity contribution in [2.45, 2.75) is 18.5 Å². The van der Waals surface area contributed by atoms with Gasteiger partial charge in [-0.05, 0) is 30.3 Å². The van der Waals surface area contributed by atoms with Crippen LogP contribution in [0.15, 0.2) is 55.1 Å². The molecule has 0 aliphatic carbocycles. The SMILES string of the molecule is O=C(O)C(F)(F)F.O=C(O)C(F)(F)F.O=C(O)C(F)(F)F.O=C(O)Nc1cc(-c2nc3c(n2O)-c2ccncc2Nc2ncccc2-3)ccn1. The number of carboxylic acid groups (broad SMARTS) is 4. The van der Waals surface area contributed by atoms with Crippen molar-refractivity contribution in [3.8, 4) is 33.9 Å². The number of hydrogen-bond acceptors (Lipinski definition) is 10. The van der Waals surface area contributed by atoms with Crippen LogP contribution in [-0.4, -0.2) is 92.8 Å². The number of nitrogens with zero attached hydrogens (tertiary/aromatic N) is 5. The van der Waals surface area contributed by atoms with Gasteiger partial charge in [0.15, 0.2) is 5.82 Å². The van der Waals surface area contributed by atoms with Gasteiger partial charge in [-0.3, -0.25) is 10.3 Å². The molecule has 1 amide bonds. The van der Waals surface area contributed by atoms with Crippen LogP contribution in [-0.2, 0) is 14.4 Å². The molecule has 50 heavy (non-hydrogen) atoms. The lowest BCUT2D eigenvalue weighted by atomic mass is 10.1. The number of halogens is 9. The van der Waals surface area contributed by atoms with E-state index in [0.29, 0.717) is 39.6 Å². The number of rotatable bonds is 2. The molecule has 0 saturated carbocycles. The number of hydrogen-bond donors (Lipinski definition) is 7. The van der Waals surface area contributed by atoms with Gasteiger partial charge in [0.2, 0.25) is 0 Å². The summed E-state index contributed by atoms with van der Waals surface area (Å²) in [5.74, 6) is -7.31. The Bertz CT molecular complexity index is 1820. The zero-order valence-corrected chi connectivity index (χ0v) is 23.7. The maximum absolute atomic E-state index is 11.0. The van der Waals surface area contributed by atoms with E-state index in [1.165, 1.54) is 12.3 Å². The summed E-state index contributed by atoms with van der Waals surface area (Å²) in [7, 11) is 0. The fourth-order valence-corrected chi connectivity index (χ4v) is 3.30. The highest BCUT2D eigenvalue weighted by molar-refractivity contribution is 5.95. The molecule has 1 aliphatic rings. The molecule has 0 saturated heterocycles. The standard InChI is InChI=1S/C19H13N7O3.3C2HF3O2/c27-19(28)24-14-8-10(3-7-21-14)18-25-15-12-2-1-5-22-17(12)23-13-9-20-6-4-11(13)16(15)26(18)29;3*3-2(4,5)1(6)7/h1-9,29H,(H,21,24)(H,22,23)(H,27,28);3*(H,6,7). The number of pyridine rings is 3. The highest BCUT2D eigenvalue weighted by Crippen LogP contribution is 2.44. The van der Waals surface area contributed by atoms with Crippen LogP contribution >= 0.6 is 0 Å². The first-order valence-electron chi connectivity index (χ1n) is 12.3. The van der Waals surface area contributed by atoms with Crippen LogP contribution in [0.25, 0.3) is 33.9 Å². The van der Waals surface area contributed by atoms with E-state index in [-0.39, 0.29) is 11.6 Å². The van der Waals surface area contributed by atoms with Crippen LogP contribution in [0, 0.1) is 0 Å². The fourth-order valence-electron chi connectivity index (χ4n) is 3.30. The van der Waals surface area contributed by atoms with Crippen LogP contribution in [0.4, 0.5) is 61.6 Å². The van der Waals surface area contributed by atoms with Gasteiger partial charge in [-0.25, -0.2) is 34.1 Å². The van der Waals surface area contributed by atoms with Gasteiger partial charge < -0.3 is 31.0 Å². The average molecular weight is 729 g/mol. The Balaban J connectivity index is 0.000000338. The number of anilines is 3. The second-order valence-electron chi connectivity index (χ2n) is 8.66. The normalized spacial score (nSPS) is 11.4. The van der Waals surface area contributed by atoms with Crippen LogP contribution in [0.5, 0.6) is 0 Å². The second kappa shape index (κ2) is 15.5. The van der Waals surface area contributed by atoms with Gasteiger partial charge in [-0.15, -0.1) is 0 Å². The molecule has 0 atom stereocenters. The first-order chi connectivity index (χ1) is 22.9. The molecule has 25 heteroatoms. The van der Waals surface area contributed by atoms with E-state index in [0.717, 1.165) is 4.73 Å². The van der Waals surface area contributed by atoms with Crippen molar-refractivity contribution in [3.05, 3.63) is 55.1 Å². The molecule has 4 aromatic rings. The Labute approximate surface area is 269 Å². The number of carbonyl (C=O) groups is 4. The van der Waals surface area contributed by atoms with Crippen LogP contribution in [0.1, 0.15) is 0 Å². The molecule has 5 rings (SSSR count). The third-order valence-corrected chi connectivity index (χ3v) is 5.23. The maximum Gasteiger partial charge on any atom is 0.490 e. The van der Waals surface area contributed by atoms with Crippen molar-refractivity contribution in [2.24, 2.45) is 0 Å². The lowest BCUT2D eigenvalue weighted by Gasteiger charge is -2.09. The molecule has 0 spiro atoms. The number of aliphatic carboxylic acids is 3. The summed E-state index contributed by atoms with van der Waals surface area (Å²) in [6.07, 6.45) is -10.1. The zero-order chi connectivity index (χ0) is 38.2. The molecular weight excluding hydrogens is 713 g/mol. The zero-order valence-electron chi connectivity index (χ0n) is 23.7. The number of nitrogens with one attached hydrogen (secondary N) is 2. The van der Waals surface area contributed by atoms with E-state index in [4.69, 9.17) is 34.8 Å². The Kier molecular flexibility index (Phi) is 12.2. The van der Waals surface area contributed by atoms with Gasteiger partial charge in [-0.2, -0.15) is 44.2 Å². The molecule has 0 fully saturated rings. The fraction of sp³-hybridized carbons (Fsp3) is 0.120. The van der Waals surface area contributed by atoms with E-state index in [9.17, 15) is 49.5 Å². The summed E-state index contributed by atoms with van der Waals surface area (Å²) in [6.45, 7) is 0. The van der Waals surface area contributed by atoms with Crippen LogP contribution < -0.4 is 10.6 Å². The molecule has 0 radical (unpaired) electrons. The molecule has 0 aromatic carbocycles. The van der Waals surface area contributed by atoms with Gasteiger partial charge in [0.1, 0.15) is 23.0 Å². The topological polar surface area (TPSA) is 250 Å². The molecule has 16 nitrogen and oxygen atoms in total. The van der Waals surface area contributed by atoms with E-state index in [2.05, 4.69) is 30.6 Å². The Hall–Kier alpha value is -6.69. The van der Waals surface area contributed by atoms with Crippen molar-refractivity contribution in [1.29, 1.82) is 0 Å². The predicted octanol–water partition coefficient (Wildman–Crippen LogP) is 5.35. The first-order valence-corrected chi connectivity index (χ1v) is 12.3. The molecule has 4 aromatic heterocycles. The van der Waals surface area contributed by atoms with Gasteiger partial charge in [0, 0.05) is 35.3 Å². The highest BCUT2D eigenvalue weighted by Gasteiger charge is 2.39. The third kappa shape index (κ3) is 10.7. The number of aromatic nitrogens is 5. The number of amides is 1. The molecule has 0 unspecified atom stereocenters. The first kappa shape index (κ1) is 39.5. The van der Waals surface area contributed by atoms with Gasteiger partial charge >= 0.3 is 42.5 Å². The number of imidazole rings is 1. The summed E-state index contributed by atoms with van der Waals surface area (Å²) in [5, 5.41) is 46.8. The Morgan fingerprint density at radius 2 is 1.28 bits per heavy atom. The molecule has 7 N–H and O–H groups in total. The number of alkyl halides is 9. The van der Waals surface area contributed by atoms with Crippen molar-refractivity contribution in [3.63, 3.8) is 0 Å². The quantitative estimate of drug-likeness (QED) is 0.0894.